The summed E-state index contributed by atoms with van der Waals surface area (Å²) in [7, 11) is -2.33. The van der Waals surface area contributed by atoms with Crippen LogP contribution in [0.4, 0.5) is 13.2 Å². The van der Waals surface area contributed by atoms with Crippen molar-refractivity contribution in [3.63, 3.8) is 0 Å². The number of benzene rings is 2. The summed E-state index contributed by atoms with van der Waals surface area (Å²) >= 11 is 1.30. The van der Waals surface area contributed by atoms with Crippen molar-refractivity contribution in [1.82, 2.24) is 4.98 Å². The Balaban J connectivity index is 1.89. The van der Waals surface area contributed by atoms with E-state index in [1.807, 2.05) is 36.4 Å². The molecule has 3 aromatic rings. The Morgan fingerprint density at radius 1 is 0.926 bits per heavy atom. The maximum atomic E-state index is 12.7. The first-order chi connectivity index (χ1) is 12.6. The van der Waals surface area contributed by atoms with Gasteiger partial charge in [-0.1, -0.05) is 42.1 Å². The Hall–Kier alpha value is -2.04. The van der Waals surface area contributed by atoms with Crippen molar-refractivity contribution in [1.29, 1.82) is 0 Å². The maximum Gasteiger partial charge on any atom is 0.416 e. The van der Waals surface area contributed by atoms with Gasteiger partial charge in [0.15, 0.2) is 0 Å². The van der Waals surface area contributed by atoms with E-state index in [2.05, 4.69) is 4.98 Å². The molecule has 0 saturated carbocycles. The summed E-state index contributed by atoms with van der Waals surface area (Å²) in [6.07, 6.45) is -2.70. The Morgan fingerprint density at radius 3 is 2.11 bits per heavy atom. The van der Waals surface area contributed by atoms with E-state index in [4.69, 9.17) is 0 Å². The van der Waals surface area contributed by atoms with E-state index in [1.54, 1.807) is 19.5 Å². The summed E-state index contributed by atoms with van der Waals surface area (Å²) in [6, 6.07) is 16.2. The van der Waals surface area contributed by atoms with Crippen LogP contribution in [0.5, 0.6) is 0 Å². The van der Waals surface area contributed by atoms with Gasteiger partial charge >= 0.3 is 6.18 Å². The molecule has 1 aromatic heterocycles. The third-order valence-corrected chi connectivity index (χ3v) is 6.54. The van der Waals surface area contributed by atoms with Crippen molar-refractivity contribution >= 4 is 24.2 Å². The molecule has 27 heavy (non-hydrogen) atoms. The van der Waals surface area contributed by atoms with Crippen molar-refractivity contribution in [2.24, 2.45) is 0 Å². The second kappa shape index (κ2) is 7.53. The second-order valence-electron chi connectivity index (χ2n) is 6.38. The Labute approximate surface area is 160 Å². The first kappa shape index (κ1) is 19.7. The molecule has 2 aromatic carbocycles. The van der Waals surface area contributed by atoms with E-state index in [1.165, 1.54) is 23.9 Å². The summed E-state index contributed by atoms with van der Waals surface area (Å²) in [5.74, 6) is 0. The molecule has 0 N–H and O–H groups in total. The zero-order valence-corrected chi connectivity index (χ0v) is 16.4. The van der Waals surface area contributed by atoms with E-state index in [0.717, 1.165) is 28.6 Å². The van der Waals surface area contributed by atoms with Gasteiger partial charge in [-0.25, -0.2) is 4.98 Å². The highest BCUT2D eigenvalue weighted by molar-refractivity contribution is 7.99. The molecule has 3 rings (SSSR count). The second-order valence-corrected chi connectivity index (χ2v) is 10.7. The van der Waals surface area contributed by atoms with Crippen LogP contribution in [0.3, 0.4) is 0 Å². The van der Waals surface area contributed by atoms with E-state index < -0.39 is 18.9 Å². The van der Waals surface area contributed by atoms with Gasteiger partial charge in [0.05, 0.1) is 5.56 Å². The van der Waals surface area contributed by atoms with Crippen LogP contribution in [0.25, 0.3) is 11.1 Å². The average Bonchev–Trinajstić information content (AvgIpc) is 2.61. The van der Waals surface area contributed by atoms with Crippen molar-refractivity contribution < 1.29 is 17.7 Å². The normalized spacial score (nSPS) is 12.2. The lowest BCUT2D eigenvalue weighted by molar-refractivity contribution is -0.137. The summed E-state index contributed by atoms with van der Waals surface area (Å²) in [5, 5.41) is 1.49. The third-order valence-electron chi connectivity index (χ3n) is 3.97. The molecule has 0 spiro atoms. The Bertz CT molecular complexity index is 979. The summed E-state index contributed by atoms with van der Waals surface area (Å²) < 4.78 is 50.3. The molecular formula is C20H17F3NOPS. The van der Waals surface area contributed by atoms with Crippen LogP contribution in [0, 0.1) is 0 Å². The molecule has 0 radical (unpaired) electrons. The first-order valence-corrected chi connectivity index (χ1v) is 11.5. The minimum Gasteiger partial charge on any atom is -0.319 e. The minimum absolute atomic E-state index is 0.672. The zero-order chi connectivity index (χ0) is 19.7. The van der Waals surface area contributed by atoms with Gasteiger partial charge in [0, 0.05) is 22.0 Å². The smallest absolute Gasteiger partial charge is 0.319 e. The summed E-state index contributed by atoms with van der Waals surface area (Å²) in [6.45, 7) is 3.44. The molecule has 0 aliphatic rings. The number of pyridine rings is 1. The highest BCUT2D eigenvalue weighted by atomic mass is 32.2. The summed E-state index contributed by atoms with van der Waals surface area (Å²) in [5.41, 5.74) is 1.11. The largest absolute Gasteiger partial charge is 0.416 e. The fourth-order valence-corrected chi connectivity index (χ4v) is 4.29. The van der Waals surface area contributed by atoms with Crippen molar-refractivity contribution in [3.8, 4) is 11.1 Å². The fraction of sp³-hybridized carbons (Fsp3) is 0.150. The van der Waals surface area contributed by atoms with Gasteiger partial charge in [-0.15, -0.1) is 0 Å². The number of hydrogen-bond donors (Lipinski definition) is 0. The number of halogens is 3. The minimum atomic E-state index is -4.35. The van der Waals surface area contributed by atoms with Crippen LogP contribution in [-0.2, 0) is 10.7 Å². The van der Waals surface area contributed by atoms with Gasteiger partial charge in [-0.05, 0) is 49.2 Å². The topological polar surface area (TPSA) is 30.0 Å². The average molecular weight is 407 g/mol. The molecule has 0 bridgehead atoms. The lowest BCUT2D eigenvalue weighted by Crippen LogP contribution is -2.03. The van der Waals surface area contributed by atoms with Crippen molar-refractivity contribution in [2.45, 2.75) is 16.1 Å². The molecule has 1 heterocycles. The van der Waals surface area contributed by atoms with E-state index in [-0.39, 0.29) is 0 Å². The predicted octanol–water partition coefficient (Wildman–Crippen LogP) is 6.17. The highest BCUT2D eigenvalue weighted by Gasteiger charge is 2.30. The van der Waals surface area contributed by atoms with Gasteiger partial charge in [-0.3, -0.25) is 0 Å². The van der Waals surface area contributed by atoms with Crippen LogP contribution < -0.4 is 5.30 Å². The molecule has 0 aliphatic heterocycles. The van der Waals surface area contributed by atoms with Gasteiger partial charge in [-0.2, -0.15) is 13.2 Å². The molecule has 0 unspecified atom stereocenters. The number of hydrogen-bond acceptors (Lipinski definition) is 3. The van der Waals surface area contributed by atoms with E-state index in [0.29, 0.717) is 9.92 Å². The SMILES string of the molecule is CP(C)(=O)c1ccc(-c2cccnc2Sc2ccc(C(F)(F)F)cc2)cc1. The molecule has 0 aliphatic carbocycles. The predicted molar refractivity (Wildman–Crippen MR) is 104 cm³/mol. The molecule has 0 saturated heterocycles. The number of nitrogens with zero attached hydrogens (tertiary/aromatic N) is 1. The van der Waals surface area contributed by atoms with Crippen LogP contribution >= 0.6 is 18.9 Å². The Morgan fingerprint density at radius 2 is 1.56 bits per heavy atom. The standard InChI is InChI=1S/C20H17F3NOPS/c1-26(2,25)16-9-5-14(6-10-16)18-4-3-13-24-19(18)27-17-11-7-15(8-12-17)20(21,22)23/h3-13H,1-2H3. The van der Waals surface area contributed by atoms with Gasteiger partial charge < -0.3 is 4.57 Å². The lowest BCUT2D eigenvalue weighted by atomic mass is 10.1. The number of alkyl halides is 3. The monoisotopic (exact) mass is 407 g/mol. The van der Waals surface area contributed by atoms with Gasteiger partial charge in [0.1, 0.15) is 12.2 Å². The fourth-order valence-electron chi connectivity index (χ4n) is 2.52. The molecule has 0 fully saturated rings. The molecule has 7 heteroatoms. The summed E-state index contributed by atoms with van der Waals surface area (Å²) in [4.78, 5) is 5.05. The highest BCUT2D eigenvalue weighted by Crippen LogP contribution is 2.38. The molecule has 140 valence electrons. The zero-order valence-electron chi connectivity index (χ0n) is 14.7. The lowest BCUT2D eigenvalue weighted by Gasteiger charge is -2.11. The van der Waals surface area contributed by atoms with Crippen LogP contribution in [0.1, 0.15) is 5.56 Å². The van der Waals surface area contributed by atoms with Crippen LogP contribution in [0.2, 0.25) is 0 Å². The van der Waals surface area contributed by atoms with Gasteiger partial charge in [0.25, 0.3) is 0 Å². The third kappa shape index (κ3) is 4.82. The molecular weight excluding hydrogens is 390 g/mol. The van der Waals surface area contributed by atoms with Crippen molar-refractivity contribution in [2.75, 3.05) is 13.3 Å². The van der Waals surface area contributed by atoms with E-state index >= 15 is 0 Å². The molecule has 0 amide bonds. The van der Waals surface area contributed by atoms with Crippen LogP contribution in [-0.4, -0.2) is 18.3 Å². The van der Waals surface area contributed by atoms with Gasteiger partial charge in [0.2, 0.25) is 0 Å². The molecule has 0 atom stereocenters. The number of aromatic nitrogens is 1. The first-order valence-electron chi connectivity index (χ1n) is 8.11. The van der Waals surface area contributed by atoms with E-state index in [9.17, 15) is 17.7 Å². The maximum absolute atomic E-state index is 12.7. The quantitative estimate of drug-likeness (QED) is 0.485. The Kier molecular flexibility index (Phi) is 5.50. The number of rotatable bonds is 4. The van der Waals surface area contributed by atoms with Crippen LogP contribution in [0.15, 0.2) is 76.8 Å². The molecule has 2 nitrogen and oxygen atoms in total. The van der Waals surface area contributed by atoms with Crippen molar-refractivity contribution in [3.05, 3.63) is 72.4 Å².